The van der Waals surface area contributed by atoms with Crippen LogP contribution in [0.5, 0.6) is 0 Å². The first-order chi connectivity index (χ1) is 7.19. The average Bonchev–Trinajstić information content (AvgIpc) is 2.25. The minimum atomic E-state index is -0.328. The van der Waals surface area contributed by atoms with Gasteiger partial charge in [0.2, 0.25) is 0 Å². The summed E-state index contributed by atoms with van der Waals surface area (Å²) >= 11 is 9.07. The van der Waals surface area contributed by atoms with E-state index in [9.17, 15) is 0 Å². The number of rotatable bonds is 5. The number of nitrogens with one attached hydrogen (secondary N) is 1. The Morgan fingerprint density at radius 2 is 2.13 bits per heavy atom. The predicted molar refractivity (Wildman–Crippen MR) is 61.0 cm³/mol. The van der Waals surface area contributed by atoms with Crippen LogP contribution in [0.1, 0.15) is 0 Å². The second-order valence-corrected chi connectivity index (χ2v) is 3.76. The molecular formula is C8H11BrClN3O2. The summed E-state index contributed by atoms with van der Waals surface area (Å²) in [6, 6.07) is 0. The molecule has 0 saturated carbocycles. The van der Waals surface area contributed by atoms with Crippen molar-refractivity contribution in [3.8, 4) is 0 Å². The monoisotopic (exact) mass is 295 g/mol. The summed E-state index contributed by atoms with van der Waals surface area (Å²) in [5.74, 6) is 0.606. The summed E-state index contributed by atoms with van der Waals surface area (Å²) < 4.78 is 10.7. The molecule has 0 bridgehead atoms. The van der Waals surface area contributed by atoms with Crippen LogP contribution in [0.4, 0.5) is 5.82 Å². The molecule has 0 aliphatic rings. The third-order valence-corrected chi connectivity index (χ3v) is 2.97. The van der Waals surface area contributed by atoms with Crippen molar-refractivity contribution in [3.63, 3.8) is 0 Å². The largest absolute Gasteiger partial charge is 0.364 e. The Kier molecular flexibility index (Phi) is 5.24. The molecule has 7 heteroatoms. The van der Waals surface area contributed by atoms with Crippen molar-refractivity contribution < 1.29 is 9.47 Å². The van der Waals surface area contributed by atoms with E-state index < -0.39 is 0 Å². The van der Waals surface area contributed by atoms with Crippen LogP contribution in [-0.2, 0) is 9.47 Å². The molecule has 5 nitrogen and oxygen atoms in total. The van der Waals surface area contributed by atoms with Gasteiger partial charge in [0.1, 0.15) is 17.3 Å². The quantitative estimate of drug-likeness (QED) is 0.664. The van der Waals surface area contributed by atoms with Gasteiger partial charge in [-0.15, -0.1) is 0 Å². The minimum Gasteiger partial charge on any atom is -0.364 e. The van der Waals surface area contributed by atoms with E-state index in [4.69, 9.17) is 21.1 Å². The fourth-order valence-corrected chi connectivity index (χ4v) is 1.39. The second-order valence-electron chi connectivity index (χ2n) is 2.61. The topological polar surface area (TPSA) is 56.3 Å². The predicted octanol–water partition coefficient (Wildman–Crippen LogP) is 1.92. The Bertz CT molecular complexity index is 323. The SMILES string of the molecule is COC(CNc1ncnc(Cl)c1Br)OC. The molecule has 0 saturated heterocycles. The molecular weight excluding hydrogens is 285 g/mol. The van der Waals surface area contributed by atoms with E-state index in [1.54, 1.807) is 14.2 Å². The zero-order valence-electron chi connectivity index (χ0n) is 8.33. The molecule has 1 rings (SSSR count). The lowest BCUT2D eigenvalue weighted by atomic mass is 10.5. The van der Waals surface area contributed by atoms with Gasteiger partial charge in [0, 0.05) is 14.2 Å². The highest BCUT2D eigenvalue weighted by Gasteiger charge is 2.09. The van der Waals surface area contributed by atoms with Gasteiger partial charge in [0.25, 0.3) is 0 Å². The number of ether oxygens (including phenoxy) is 2. The normalized spacial score (nSPS) is 10.7. The van der Waals surface area contributed by atoms with E-state index in [-0.39, 0.29) is 6.29 Å². The summed E-state index contributed by atoms with van der Waals surface area (Å²) in [6.07, 6.45) is 1.05. The van der Waals surface area contributed by atoms with Crippen LogP contribution in [0.2, 0.25) is 5.15 Å². The van der Waals surface area contributed by atoms with Gasteiger partial charge in [0.15, 0.2) is 6.29 Å². The third-order valence-electron chi connectivity index (χ3n) is 1.71. The summed E-state index contributed by atoms with van der Waals surface area (Å²) in [6.45, 7) is 0.471. The number of methoxy groups -OCH3 is 2. The van der Waals surface area contributed by atoms with Crippen LogP contribution in [0.25, 0.3) is 0 Å². The maximum absolute atomic E-state index is 5.80. The molecule has 0 aliphatic carbocycles. The fourth-order valence-electron chi connectivity index (χ4n) is 0.914. The van der Waals surface area contributed by atoms with Crippen LogP contribution in [0.15, 0.2) is 10.8 Å². The summed E-state index contributed by atoms with van der Waals surface area (Å²) in [5.41, 5.74) is 0. The second kappa shape index (κ2) is 6.22. The highest BCUT2D eigenvalue weighted by molar-refractivity contribution is 9.10. The Morgan fingerprint density at radius 3 is 2.73 bits per heavy atom. The lowest BCUT2D eigenvalue weighted by Gasteiger charge is -2.14. The Balaban J connectivity index is 2.61. The van der Waals surface area contributed by atoms with E-state index in [1.165, 1.54) is 6.33 Å². The zero-order valence-corrected chi connectivity index (χ0v) is 10.7. The molecule has 0 aromatic carbocycles. The van der Waals surface area contributed by atoms with Crippen LogP contribution in [0.3, 0.4) is 0 Å². The number of anilines is 1. The molecule has 15 heavy (non-hydrogen) atoms. The average molecular weight is 297 g/mol. The summed E-state index contributed by atoms with van der Waals surface area (Å²) in [4.78, 5) is 7.83. The molecule has 1 aromatic heterocycles. The third kappa shape index (κ3) is 3.57. The lowest BCUT2D eigenvalue weighted by molar-refractivity contribution is -0.0914. The first-order valence-corrected chi connectivity index (χ1v) is 5.31. The molecule has 0 aliphatic heterocycles. The van der Waals surface area contributed by atoms with E-state index in [2.05, 4.69) is 31.2 Å². The van der Waals surface area contributed by atoms with E-state index in [0.29, 0.717) is 22.0 Å². The minimum absolute atomic E-state index is 0.328. The van der Waals surface area contributed by atoms with Gasteiger partial charge in [-0.2, -0.15) is 0 Å². The Morgan fingerprint density at radius 1 is 1.47 bits per heavy atom. The van der Waals surface area contributed by atoms with E-state index >= 15 is 0 Å². The molecule has 1 N–H and O–H groups in total. The van der Waals surface area contributed by atoms with Crippen molar-refractivity contribution >= 4 is 33.3 Å². The Hall–Kier alpha value is -0.430. The van der Waals surface area contributed by atoms with Gasteiger partial charge in [-0.05, 0) is 15.9 Å². The molecule has 0 unspecified atom stereocenters. The smallest absolute Gasteiger partial charge is 0.173 e. The van der Waals surface area contributed by atoms with Crippen molar-refractivity contribution in [2.75, 3.05) is 26.1 Å². The molecule has 0 atom stereocenters. The van der Waals surface area contributed by atoms with Crippen LogP contribution in [-0.4, -0.2) is 37.0 Å². The van der Waals surface area contributed by atoms with Gasteiger partial charge >= 0.3 is 0 Å². The van der Waals surface area contributed by atoms with Crippen molar-refractivity contribution in [2.24, 2.45) is 0 Å². The number of hydrogen-bond acceptors (Lipinski definition) is 5. The fraction of sp³-hybridized carbons (Fsp3) is 0.500. The van der Waals surface area contributed by atoms with Crippen LogP contribution < -0.4 is 5.32 Å². The van der Waals surface area contributed by atoms with Crippen molar-refractivity contribution in [1.82, 2.24) is 9.97 Å². The number of nitrogens with zero attached hydrogens (tertiary/aromatic N) is 2. The van der Waals surface area contributed by atoms with Gasteiger partial charge in [-0.1, -0.05) is 11.6 Å². The van der Waals surface area contributed by atoms with Crippen molar-refractivity contribution in [2.45, 2.75) is 6.29 Å². The number of hydrogen-bond donors (Lipinski definition) is 1. The molecule has 0 amide bonds. The van der Waals surface area contributed by atoms with Gasteiger partial charge in [-0.3, -0.25) is 0 Å². The molecule has 0 radical (unpaired) electrons. The van der Waals surface area contributed by atoms with E-state index in [0.717, 1.165) is 0 Å². The molecule has 0 spiro atoms. The van der Waals surface area contributed by atoms with Gasteiger partial charge in [-0.25, -0.2) is 9.97 Å². The molecule has 84 valence electrons. The number of aromatic nitrogens is 2. The van der Waals surface area contributed by atoms with Crippen molar-refractivity contribution in [3.05, 3.63) is 16.0 Å². The standard InChI is InChI=1S/C8H11BrClN3O2/c1-14-5(15-2)3-11-8-6(9)7(10)12-4-13-8/h4-5H,3H2,1-2H3,(H,11,12,13). The zero-order chi connectivity index (χ0) is 11.3. The summed E-state index contributed by atoms with van der Waals surface area (Å²) in [7, 11) is 3.13. The van der Waals surface area contributed by atoms with Crippen molar-refractivity contribution in [1.29, 1.82) is 0 Å². The van der Waals surface area contributed by atoms with Gasteiger partial charge in [0.05, 0.1) is 11.0 Å². The molecule has 1 aromatic rings. The highest BCUT2D eigenvalue weighted by atomic mass is 79.9. The van der Waals surface area contributed by atoms with Crippen LogP contribution >= 0.6 is 27.5 Å². The molecule has 0 fully saturated rings. The first kappa shape index (κ1) is 12.6. The maximum atomic E-state index is 5.80. The Labute approximate surface area is 101 Å². The summed E-state index contributed by atoms with van der Waals surface area (Å²) in [5, 5.41) is 3.38. The highest BCUT2D eigenvalue weighted by Crippen LogP contribution is 2.25. The van der Waals surface area contributed by atoms with Gasteiger partial charge < -0.3 is 14.8 Å². The number of halogens is 2. The maximum Gasteiger partial charge on any atom is 0.173 e. The first-order valence-electron chi connectivity index (χ1n) is 4.14. The lowest BCUT2D eigenvalue weighted by Crippen LogP contribution is -2.24. The molecule has 1 heterocycles. The van der Waals surface area contributed by atoms with E-state index in [1.807, 2.05) is 0 Å². The van der Waals surface area contributed by atoms with Crippen LogP contribution in [0, 0.1) is 0 Å².